The smallest absolute Gasteiger partial charge is 0.320 e. The Kier molecular flexibility index (Phi) is 6.43. The SMILES string of the molecule is C=CCN(CC(=O)OCC)C1CCCCNC1=O. The zero-order valence-corrected chi connectivity index (χ0v) is 11.0. The number of hydrogen-bond donors (Lipinski definition) is 1. The molecule has 1 heterocycles. The Hall–Kier alpha value is -1.36. The molecule has 1 atom stereocenters. The van der Waals surface area contributed by atoms with E-state index in [0.29, 0.717) is 13.2 Å². The van der Waals surface area contributed by atoms with Gasteiger partial charge in [0, 0.05) is 13.1 Å². The Morgan fingerprint density at radius 1 is 1.61 bits per heavy atom. The molecular formula is C13H22N2O3. The maximum Gasteiger partial charge on any atom is 0.320 e. The van der Waals surface area contributed by atoms with Crippen LogP contribution in [0.5, 0.6) is 0 Å². The molecule has 1 fully saturated rings. The Bertz CT molecular complexity index is 305. The molecule has 1 aliphatic heterocycles. The molecular weight excluding hydrogens is 232 g/mol. The van der Waals surface area contributed by atoms with Crippen LogP contribution in [0.15, 0.2) is 12.7 Å². The summed E-state index contributed by atoms with van der Waals surface area (Å²) in [7, 11) is 0. The molecule has 1 unspecified atom stereocenters. The first-order valence-electron chi connectivity index (χ1n) is 6.47. The van der Waals surface area contributed by atoms with Gasteiger partial charge < -0.3 is 10.1 Å². The molecule has 1 saturated heterocycles. The van der Waals surface area contributed by atoms with Crippen molar-refractivity contribution in [2.75, 3.05) is 26.2 Å². The van der Waals surface area contributed by atoms with Crippen molar-refractivity contribution in [2.24, 2.45) is 0 Å². The minimum Gasteiger partial charge on any atom is -0.465 e. The van der Waals surface area contributed by atoms with Crippen LogP contribution in [0.2, 0.25) is 0 Å². The van der Waals surface area contributed by atoms with Crippen molar-refractivity contribution in [2.45, 2.75) is 32.2 Å². The summed E-state index contributed by atoms with van der Waals surface area (Å²) in [6.07, 6.45) is 4.46. The standard InChI is InChI=1S/C13H22N2O3/c1-3-9-15(10-12(16)18-4-2)11-7-5-6-8-14-13(11)17/h3,11H,1,4-10H2,2H3,(H,14,17). The molecule has 1 rings (SSSR count). The van der Waals surface area contributed by atoms with E-state index in [1.807, 2.05) is 4.90 Å². The lowest BCUT2D eigenvalue weighted by atomic mass is 10.1. The Morgan fingerprint density at radius 2 is 2.39 bits per heavy atom. The fourth-order valence-corrected chi connectivity index (χ4v) is 2.11. The number of esters is 1. The third kappa shape index (κ3) is 4.49. The first kappa shape index (κ1) is 14.7. The molecule has 102 valence electrons. The summed E-state index contributed by atoms with van der Waals surface area (Å²) in [5, 5.41) is 2.87. The number of ether oxygens (including phenoxy) is 1. The van der Waals surface area contributed by atoms with Crippen molar-refractivity contribution in [1.29, 1.82) is 0 Å². The van der Waals surface area contributed by atoms with Crippen LogP contribution in [0, 0.1) is 0 Å². The molecule has 0 aromatic carbocycles. The van der Waals surface area contributed by atoms with Crippen LogP contribution in [0.1, 0.15) is 26.2 Å². The minimum absolute atomic E-state index is 0.00125. The van der Waals surface area contributed by atoms with Crippen LogP contribution < -0.4 is 5.32 Å². The van der Waals surface area contributed by atoms with Crippen molar-refractivity contribution >= 4 is 11.9 Å². The molecule has 1 aliphatic rings. The molecule has 1 N–H and O–H groups in total. The van der Waals surface area contributed by atoms with E-state index < -0.39 is 0 Å². The summed E-state index contributed by atoms with van der Waals surface area (Å²) in [6.45, 7) is 7.17. The molecule has 1 amide bonds. The number of nitrogens with one attached hydrogen (secondary N) is 1. The maximum atomic E-state index is 11.9. The van der Waals surface area contributed by atoms with Crippen LogP contribution in [0.3, 0.4) is 0 Å². The van der Waals surface area contributed by atoms with Gasteiger partial charge in [-0.15, -0.1) is 6.58 Å². The number of carbonyl (C=O) groups excluding carboxylic acids is 2. The second-order valence-corrected chi connectivity index (χ2v) is 4.33. The van der Waals surface area contributed by atoms with E-state index >= 15 is 0 Å². The van der Waals surface area contributed by atoms with Crippen LogP contribution in [-0.4, -0.2) is 49.1 Å². The van der Waals surface area contributed by atoms with E-state index in [-0.39, 0.29) is 24.5 Å². The number of rotatable bonds is 6. The zero-order chi connectivity index (χ0) is 13.4. The van der Waals surface area contributed by atoms with E-state index in [9.17, 15) is 9.59 Å². The van der Waals surface area contributed by atoms with Gasteiger partial charge in [0.1, 0.15) is 0 Å². The predicted molar refractivity (Wildman–Crippen MR) is 69.1 cm³/mol. The molecule has 0 spiro atoms. The lowest BCUT2D eigenvalue weighted by Crippen LogP contribution is -2.48. The number of nitrogens with zero attached hydrogens (tertiary/aromatic N) is 1. The molecule has 5 nitrogen and oxygen atoms in total. The van der Waals surface area contributed by atoms with Gasteiger partial charge >= 0.3 is 5.97 Å². The van der Waals surface area contributed by atoms with Gasteiger partial charge in [0.15, 0.2) is 0 Å². The maximum absolute atomic E-state index is 11.9. The van der Waals surface area contributed by atoms with Gasteiger partial charge in [-0.3, -0.25) is 14.5 Å². The van der Waals surface area contributed by atoms with Crippen molar-refractivity contribution in [3.05, 3.63) is 12.7 Å². The van der Waals surface area contributed by atoms with Crippen LogP contribution in [0.25, 0.3) is 0 Å². The third-order valence-electron chi connectivity index (χ3n) is 2.95. The summed E-state index contributed by atoms with van der Waals surface area (Å²) < 4.78 is 4.93. The summed E-state index contributed by atoms with van der Waals surface area (Å²) in [4.78, 5) is 25.3. The van der Waals surface area contributed by atoms with E-state index in [2.05, 4.69) is 11.9 Å². The van der Waals surface area contributed by atoms with Gasteiger partial charge in [0.05, 0.1) is 19.2 Å². The van der Waals surface area contributed by atoms with Crippen molar-refractivity contribution < 1.29 is 14.3 Å². The van der Waals surface area contributed by atoms with E-state index in [4.69, 9.17) is 4.74 Å². The van der Waals surface area contributed by atoms with Crippen molar-refractivity contribution in [1.82, 2.24) is 10.2 Å². The van der Waals surface area contributed by atoms with Crippen molar-refractivity contribution in [3.63, 3.8) is 0 Å². The third-order valence-corrected chi connectivity index (χ3v) is 2.95. The lowest BCUT2D eigenvalue weighted by Gasteiger charge is -2.27. The first-order valence-corrected chi connectivity index (χ1v) is 6.47. The highest BCUT2D eigenvalue weighted by Crippen LogP contribution is 2.12. The number of carbonyl (C=O) groups is 2. The van der Waals surface area contributed by atoms with Crippen molar-refractivity contribution in [3.8, 4) is 0 Å². The fourth-order valence-electron chi connectivity index (χ4n) is 2.11. The van der Waals surface area contributed by atoms with Gasteiger partial charge in [-0.1, -0.05) is 6.08 Å². The Morgan fingerprint density at radius 3 is 3.06 bits per heavy atom. The minimum atomic E-state index is -0.295. The highest BCUT2D eigenvalue weighted by Gasteiger charge is 2.28. The number of hydrogen-bond acceptors (Lipinski definition) is 4. The summed E-state index contributed by atoms with van der Waals surface area (Å²) in [5.74, 6) is -0.296. The van der Waals surface area contributed by atoms with E-state index in [0.717, 1.165) is 25.8 Å². The molecule has 18 heavy (non-hydrogen) atoms. The Labute approximate surface area is 108 Å². The highest BCUT2D eigenvalue weighted by molar-refractivity contribution is 5.83. The van der Waals surface area contributed by atoms with Crippen LogP contribution in [-0.2, 0) is 14.3 Å². The molecule has 0 bridgehead atoms. The average Bonchev–Trinajstić information content (AvgIpc) is 2.54. The molecule has 5 heteroatoms. The van der Waals surface area contributed by atoms with Crippen LogP contribution >= 0.6 is 0 Å². The van der Waals surface area contributed by atoms with Gasteiger partial charge in [0.2, 0.25) is 5.91 Å². The fraction of sp³-hybridized carbons (Fsp3) is 0.692. The highest BCUT2D eigenvalue weighted by atomic mass is 16.5. The predicted octanol–water partition coefficient (Wildman–Crippen LogP) is 0.706. The average molecular weight is 254 g/mol. The van der Waals surface area contributed by atoms with Crippen LogP contribution in [0.4, 0.5) is 0 Å². The zero-order valence-electron chi connectivity index (χ0n) is 11.0. The van der Waals surface area contributed by atoms with Gasteiger partial charge in [-0.2, -0.15) is 0 Å². The normalized spacial score (nSPS) is 20.1. The second-order valence-electron chi connectivity index (χ2n) is 4.33. The topological polar surface area (TPSA) is 58.6 Å². The molecule has 0 aromatic heterocycles. The van der Waals surface area contributed by atoms with Gasteiger partial charge in [-0.05, 0) is 26.2 Å². The largest absolute Gasteiger partial charge is 0.465 e. The monoisotopic (exact) mass is 254 g/mol. The molecule has 0 radical (unpaired) electrons. The lowest BCUT2D eigenvalue weighted by molar-refractivity contribution is -0.145. The van der Waals surface area contributed by atoms with E-state index in [1.165, 1.54) is 0 Å². The van der Waals surface area contributed by atoms with Gasteiger partial charge in [-0.25, -0.2) is 0 Å². The first-order chi connectivity index (χ1) is 8.69. The van der Waals surface area contributed by atoms with Gasteiger partial charge in [0.25, 0.3) is 0 Å². The molecule has 0 saturated carbocycles. The molecule has 0 aliphatic carbocycles. The quantitative estimate of drug-likeness (QED) is 0.560. The summed E-state index contributed by atoms with van der Waals surface area (Å²) in [5.41, 5.74) is 0. The Balaban J connectivity index is 2.65. The number of amides is 1. The summed E-state index contributed by atoms with van der Waals surface area (Å²) in [6, 6.07) is -0.255. The molecule has 0 aromatic rings. The summed E-state index contributed by atoms with van der Waals surface area (Å²) >= 11 is 0. The van der Waals surface area contributed by atoms with E-state index in [1.54, 1.807) is 13.0 Å². The second kappa shape index (κ2) is 7.87.